The molecule has 2 rings (SSSR count). The minimum absolute atomic E-state index is 0.0344. The van der Waals surface area contributed by atoms with Crippen LogP contribution in [0.1, 0.15) is 38.7 Å². The number of ether oxygens (including phenoxy) is 1. The average molecular weight is 257 g/mol. The lowest BCUT2D eigenvalue weighted by Gasteiger charge is -2.38. The van der Waals surface area contributed by atoms with Crippen molar-refractivity contribution >= 4 is 0 Å². The summed E-state index contributed by atoms with van der Waals surface area (Å²) in [5.74, 6) is 1.05. The Hall–Kier alpha value is -1.33. The quantitative estimate of drug-likeness (QED) is 0.817. The first-order chi connectivity index (χ1) is 9.11. The van der Waals surface area contributed by atoms with Crippen molar-refractivity contribution in [1.82, 2.24) is 0 Å². The third-order valence-electron chi connectivity index (χ3n) is 4.10. The van der Waals surface area contributed by atoms with Gasteiger partial charge in [-0.3, -0.25) is 0 Å². The van der Waals surface area contributed by atoms with Crippen LogP contribution in [0.15, 0.2) is 30.3 Å². The van der Waals surface area contributed by atoms with E-state index >= 15 is 0 Å². The van der Waals surface area contributed by atoms with E-state index in [1.807, 2.05) is 6.07 Å². The summed E-state index contributed by atoms with van der Waals surface area (Å²) in [7, 11) is 0. The Labute approximate surface area is 116 Å². The molecule has 0 N–H and O–H groups in total. The van der Waals surface area contributed by atoms with Gasteiger partial charge in [-0.05, 0) is 50.5 Å². The Bertz CT molecular complexity index is 432. The van der Waals surface area contributed by atoms with Crippen molar-refractivity contribution in [3.63, 3.8) is 0 Å². The molecule has 0 spiro atoms. The van der Waals surface area contributed by atoms with Crippen molar-refractivity contribution in [2.24, 2.45) is 11.8 Å². The number of hydrogen-bond donors (Lipinski definition) is 0. The summed E-state index contributed by atoms with van der Waals surface area (Å²) in [5, 5.41) is 9.09. The maximum atomic E-state index is 9.09. The summed E-state index contributed by atoms with van der Waals surface area (Å²) < 4.78 is 5.79. The van der Waals surface area contributed by atoms with Crippen molar-refractivity contribution in [2.45, 2.75) is 45.1 Å². The molecular weight excluding hydrogens is 234 g/mol. The van der Waals surface area contributed by atoms with E-state index in [4.69, 9.17) is 10.00 Å². The fourth-order valence-electron chi connectivity index (χ4n) is 3.12. The number of hydrogen-bond acceptors (Lipinski definition) is 2. The highest BCUT2D eigenvalue weighted by Crippen LogP contribution is 2.36. The molecule has 0 amide bonds. The molecule has 102 valence electrons. The monoisotopic (exact) mass is 257 g/mol. The molecule has 0 radical (unpaired) electrons. The van der Waals surface area contributed by atoms with Crippen molar-refractivity contribution in [3.05, 3.63) is 35.9 Å². The zero-order valence-electron chi connectivity index (χ0n) is 11.9. The van der Waals surface area contributed by atoms with Crippen molar-refractivity contribution in [1.29, 1.82) is 5.26 Å². The summed E-state index contributed by atoms with van der Waals surface area (Å²) in [5.41, 5.74) is 1.31. The maximum Gasteiger partial charge on any atom is 0.0629 e. The zero-order chi connectivity index (χ0) is 13.7. The Kier molecular flexibility index (Phi) is 4.61. The van der Waals surface area contributed by atoms with Crippen LogP contribution in [0.5, 0.6) is 0 Å². The fourth-order valence-corrected chi connectivity index (χ4v) is 3.12. The Morgan fingerprint density at radius 2 is 2.11 bits per heavy atom. The van der Waals surface area contributed by atoms with Crippen LogP contribution in [0.3, 0.4) is 0 Å². The maximum absolute atomic E-state index is 9.09. The molecule has 2 heteroatoms. The van der Waals surface area contributed by atoms with Crippen LogP contribution in [0.2, 0.25) is 0 Å². The summed E-state index contributed by atoms with van der Waals surface area (Å²) in [4.78, 5) is 0. The van der Waals surface area contributed by atoms with Gasteiger partial charge >= 0.3 is 0 Å². The third kappa shape index (κ3) is 4.08. The normalized spacial score (nSPS) is 23.5. The van der Waals surface area contributed by atoms with E-state index in [0.29, 0.717) is 18.3 Å². The molecule has 1 aromatic carbocycles. The first-order valence-corrected chi connectivity index (χ1v) is 7.15. The first-order valence-electron chi connectivity index (χ1n) is 7.15. The van der Waals surface area contributed by atoms with Gasteiger partial charge in [-0.15, -0.1) is 0 Å². The minimum Gasteiger partial charge on any atom is -0.376 e. The lowest BCUT2D eigenvalue weighted by molar-refractivity contribution is -0.0821. The van der Waals surface area contributed by atoms with E-state index in [0.717, 1.165) is 25.9 Å². The molecule has 1 fully saturated rings. The Balaban J connectivity index is 2.05. The van der Waals surface area contributed by atoms with Crippen molar-refractivity contribution in [3.8, 4) is 6.07 Å². The van der Waals surface area contributed by atoms with Gasteiger partial charge in [0.25, 0.3) is 0 Å². The molecule has 1 heterocycles. The van der Waals surface area contributed by atoms with E-state index in [1.54, 1.807) is 0 Å². The summed E-state index contributed by atoms with van der Waals surface area (Å²) in [6.45, 7) is 5.14. The van der Waals surface area contributed by atoms with E-state index in [2.05, 4.69) is 44.2 Å². The number of nitrogens with zero attached hydrogens (tertiary/aromatic N) is 1. The second kappa shape index (κ2) is 6.21. The Morgan fingerprint density at radius 3 is 2.74 bits per heavy atom. The van der Waals surface area contributed by atoms with E-state index in [-0.39, 0.29) is 5.60 Å². The van der Waals surface area contributed by atoms with Crippen LogP contribution in [0, 0.1) is 23.2 Å². The summed E-state index contributed by atoms with van der Waals surface area (Å²) in [6, 6.07) is 12.9. The van der Waals surface area contributed by atoms with Crippen molar-refractivity contribution < 1.29 is 4.74 Å². The molecule has 0 saturated carbocycles. The molecule has 0 aliphatic carbocycles. The van der Waals surface area contributed by atoms with E-state index in [9.17, 15) is 0 Å². The van der Waals surface area contributed by atoms with Crippen LogP contribution in [-0.2, 0) is 11.2 Å². The molecule has 2 atom stereocenters. The molecule has 1 aliphatic rings. The van der Waals surface area contributed by atoms with Gasteiger partial charge in [-0.1, -0.05) is 30.3 Å². The highest BCUT2D eigenvalue weighted by atomic mass is 16.5. The molecule has 0 bridgehead atoms. The topological polar surface area (TPSA) is 33.0 Å². The third-order valence-corrected chi connectivity index (χ3v) is 4.10. The van der Waals surface area contributed by atoms with Gasteiger partial charge in [0.05, 0.1) is 11.7 Å². The van der Waals surface area contributed by atoms with Gasteiger partial charge in [0.15, 0.2) is 0 Å². The van der Waals surface area contributed by atoms with E-state index < -0.39 is 0 Å². The molecule has 0 unspecified atom stereocenters. The Morgan fingerprint density at radius 1 is 1.37 bits per heavy atom. The molecule has 19 heavy (non-hydrogen) atoms. The SMILES string of the molecule is CC1(C)C[C@H]([C@H](CC#N)Cc2ccccc2)CCO1. The van der Waals surface area contributed by atoms with Gasteiger partial charge < -0.3 is 4.74 Å². The largest absolute Gasteiger partial charge is 0.376 e. The average Bonchev–Trinajstić information content (AvgIpc) is 2.38. The summed E-state index contributed by atoms with van der Waals surface area (Å²) >= 11 is 0. The smallest absolute Gasteiger partial charge is 0.0629 e. The van der Waals surface area contributed by atoms with Gasteiger partial charge in [0, 0.05) is 13.0 Å². The van der Waals surface area contributed by atoms with Gasteiger partial charge in [-0.25, -0.2) is 0 Å². The highest BCUT2D eigenvalue weighted by molar-refractivity contribution is 5.15. The second-order valence-corrected chi connectivity index (χ2v) is 6.17. The van der Waals surface area contributed by atoms with Crippen molar-refractivity contribution in [2.75, 3.05) is 6.61 Å². The lowest BCUT2D eigenvalue weighted by Crippen LogP contribution is -2.37. The fraction of sp³-hybridized carbons (Fsp3) is 0.588. The molecule has 0 aromatic heterocycles. The predicted octanol–water partition coefficient (Wildman–Crippen LogP) is 3.96. The standard InChI is InChI=1S/C17H23NO/c1-17(2)13-16(9-11-19-17)15(8-10-18)12-14-6-4-3-5-7-14/h3-7,15-16H,8-9,11-13H2,1-2H3/t15-,16-/m1/s1. The van der Waals surface area contributed by atoms with Crippen LogP contribution in [-0.4, -0.2) is 12.2 Å². The van der Waals surface area contributed by atoms with E-state index in [1.165, 1.54) is 5.56 Å². The number of benzene rings is 1. The number of nitriles is 1. The first kappa shape index (κ1) is 14.1. The summed E-state index contributed by atoms with van der Waals surface area (Å²) in [6.07, 6.45) is 3.81. The van der Waals surface area contributed by atoms with Gasteiger partial charge in [-0.2, -0.15) is 5.26 Å². The molecule has 1 aliphatic heterocycles. The number of rotatable bonds is 4. The lowest BCUT2D eigenvalue weighted by atomic mass is 9.76. The molecule has 1 saturated heterocycles. The van der Waals surface area contributed by atoms with Crippen LogP contribution < -0.4 is 0 Å². The predicted molar refractivity (Wildman–Crippen MR) is 76.6 cm³/mol. The molecular formula is C17H23NO. The second-order valence-electron chi connectivity index (χ2n) is 6.17. The highest BCUT2D eigenvalue weighted by Gasteiger charge is 2.33. The van der Waals surface area contributed by atoms with Crippen LogP contribution in [0.25, 0.3) is 0 Å². The van der Waals surface area contributed by atoms with Crippen LogP contribution in [0.4, 0.5) is 0 Å². The molecule has 1 aromatic rings. The molecule has 2 nitrogen and oxygen atoms in total. The minimum atomic E-state index is -0.0344. The zero-order valence-corrected chi connectivity index (χ0v) is 11.9. The van der Waals surface area contributed by atoms with Gasteiger partial charge in [0.2, 0.25) is 0 Å². The van der Waals surface area contributed by atoms with Crippen LogP contribution >= 0.6 is 0 Å². The van der Waals surface area contributed by atoms with Gasteiger partial charge in [0.1, 0.15) is 0 Å².